The number of nitrogens with one attached hydrogen (secondary N) is 4. The van der Waals surface area contributed by atoms with Gasteiger partial charge in [0.25, 0.3) is 0 Å². The zero-order valence-corrected chi connectivity index (χ0v) is 86.7. The van der Waals surface area contributed by atoms with Crippen molar-refractivity contribution in [2.45, 2.75) is 282 Å². The van der Waals surface area contributed by atoms with Gasteiger partial charge in [0.2, 0.25) is 0 Å². The van der Waals surface area contributed by atoms with Crippen LogP contribution in [0.25, 0.3) is 113 Å². The molecule has 8 heteroatoms. The maximum atomic E-state index is 11.7. The number of unbranched alkanes of at least 4 members (excludes halogenated alkanes) is 24. The number of rotatable bonds is 38. The van der Waals surface area contributed by atoms with Gasteiger partial charge in [-0.2, -0.15) is 0 Å². The minimum Gasteiger partial charge on any atom is -0.365 e. The van der Waals surface area contributed by atoms with Crippen molar-refractivity contribution in [1.82, 2.24) is 29.9 Å². The minimum absolute atomic E-state index is 0. The van der Waals surface area contributed by atoms with E-state index in [4.69, 9.17) is 16.4 Å². The molecule has 19 rings (SSSR count). The molecule has 4 atom stereocenters. The topological polar surface area (TPSA) is 123 Å². The Morgan fingerprint density at radius 2 is 0.623 bits per heavy atom. The van der Waals surface area contributed by atoms with Gasteiger partial charge in [0.05, 0.1) is 28.2 Å². The van der Waals surface area contributed by atoms with Gasteiger partial charge < -0.3 is 19.9 Å². The molecule has 2 aliphatic heterocycles. The summed E-state index contributed by atoms with van der Waals surface area (Å²) in [6, 6.07) is 83.3. The van der Waals surface area contributed by atoms with Gasteiger partial charge in [0.1, 0.15) is 12.6 Å². The highest BCUT2D eigenvalue weighted by Crippen LogP contribution is 2.57. The second-order valence-corrected chi connectivity index (χ2v) is 40.6. The van der Waals surface area contributed by atoms with Gasteiger partial charge in [-0.1, -0.05) is 380 Å². The first-order valence-electron chi connectivity index (χ1n) is 54.0. The van der Waals surface area contributed by atoms with Crippen LogP contribution in [0.4, 0.5) is 0 Å². The maximum Gasteiger partial charge on any atom is 0.150 e. The first kappa shape index (κ1) is 104. The molecule has 754 valence electrons. The van der Waals surface area contributed by atoms with E-state index in [0.29, 0.717) is 5.56 Å². The number of carbonyl (C=O) groups is 2. The molecule has 0 amide bonds. The lowest BCUT2D eigenvalue weighted by atomic mass is 9.74. The molecule has 0 saturated carbocycles. The quantitative estimate of drug-likeness (QED) is 0.0175. The van der Waals surface area contributed by atoms with Crippen LogP contribution < -0.4 is 0 Å². The van der Waals surface area contributed by atoms with Crippen LogP contribution in [0.15, 0.2) is 243 Å². The first-order chi connectivity index (χ1) is 71.8. The van der Waals surface area contributed by atoms with Crippen LogP contribution in [0.2, 0.25) is 0 Å². The van der Waals surface area contributed by atoms with E-state index in [2.05, 4.69) is 376 Å². The van der Waals surface area contributed by atoms with Gasteiger partial charge in [0, 0.05) is 106 Å². The summed E-state index contributed by atoms with van der Waals surface area (Å²) in [6.45, 7) is 16.4. The van der Waals surface area contributed by atoms with Gasteiger partial charge in [-0.15, -0.1) is 6.42 Å². The molecule has 7 heterocycles. The van der Waals surface area contributed by atoms with E-state index < -0.39 is 5.41 Å². The number of carbonyl (C=O) groups excluding carboxylic acids is 2. The molecule has 6 aliphatic rings. The number of hydrogen-bond donors (Lipinski definition) is 4. The predicted octanol–water partition coefficient (Wildman–Crippen LogP) is 37.0. The zero-order chi connectivity index (χ0) is 101. The number of fused-ring (bicyclic) bond motifs is 20. The highest BCUT2D eigenvalue weighted by atomic mass is 16.1. The molecule has 5 aromatic heterocycles. The Bertz CT molecular complexity index is 7620. The van der Waals surface area contributed by atoms with Crippen molar-refractivity contribution < 1.29 is 25.3 Å². The van der Waals surface area contributed by atoms with Gasteiger partial charge in [-0.05, 0) is 318 Å². The van der Waals surface area contributed by atoms with E-state index in [0.717, 1.165) is 130 Å². The Morgan fingerprint density at radius 3 is 1.00 bits per heavy atom. The summed E-state index contributed by atoms with van der Waals surface area (Å²) in [4.78, 5) is 47.7. The van der Waals surface area contributed by atoms with Crippen molar-refractivity contribution in [3.8, 4) is 162 Å². The minimum atomic E-state index is -0.518. The number of H-pyrrole nitrogens is 4. The summed E-state index contributed by atoms with van der Waals surface area (Å²) in [6.07, 6.45) is 60.9. The van der Waals surface area contributed by atoms with Crippen molar-refractivity contribution in [3.63, 3.8) is 0 Å². The monoisotopic (exact) mass is 1930 g/mol. The number of aromatic nitrogens is 6. The van der Waals surface area contributed by atoms with Crippen molar-refractivity contribution in [2.75, 3.05) is 0 Å². The molecule has 4 aliphatic carbocycles. The molecule has 146 heavy (non-hydrogen) atoms. The fraction of sp³-hybridized carbons (Fsp3) is 0.319. The van der Waals surface area contributed by atoms with E-state index in [1.54, 1.807) is 0 Å². The molecule has 8 nitrogen and oxygen atoms in total. The molecule has 4 unspecified atom stereocenters. The van der Waals surface area contributed by atoms with Crippen LogP contribution >= 0.6 is 0 Å². The summed E-state index contributed by atoms with van der Waals surface area (Å²) in [5, 5.41) is 0. The first-order valence-corrected chi connectivity index (χ1v) is 54.0. The summed E-state index contributed by atoms with van der Waals surface area (Å²) in [7, 11) is 0. The molecule has 0 radical (unpaired) electrons. The van der Waals surface area contributed by atoms with Gasteiger partial charge in [-0.25, -0.2) is 9.97 Å². The lowest BCUT2D eigenvalue weighted by molar-refractivity contribution is 0.111. The number of nitrogens with zero attached hydrogens (tertiary/aromatic N) is 2. The third kappa shape index (κ3) is 24.7. The van der Waals surface area contributed by atoms with Gasteiger partial charge >= 0.3 is 0 Å². The van der Waals surface area contributed by atoms with Crippen molar-refractivity contribution >= 4 is 58.9 Å². The summed E-state index contributed by atoms with van der Waals surface area (Å²) >= 11 is 0. The molecule has 4 N–H and O–H groups in total. The number of aromatic amines is 4. The summed E-state index contributed by atoms with van der Waals surface area (Å²) in [5.74, 6) is 39.9. The number of terminal acetylenes is 1. The lowest BCUT2D eigenvalue weighted by Gasteiger charge is -2.28. The molecule has 8 aromatic carbocycles. The molecular weight excluding hydrogens is 1770 g/mol. The van der Waals surface area contributed by atoms with E-state index in [-0.39, 0.29) is 31.9 Å². The lowest BCUT2D eigenvalue weighted by Crippen LogP contribution is -2.23. The molecular formula is C138H160N6O2. The Morgan fingerprint density at radius 1 is 0.301 bits per heavy atom. The highest BCUT2D eigenvalue weighted by Gasteiger charge is 2.44. The van der Waals surface area contributed by atoms with Gasteiger partial charge in [-0.3, -0.25) is 9.59 Å². The third-order valence-corrected chi connectivity index (χ3v) is 30.5. The van der Waals surface area contributed by atoms with Crippen LogP contribution in [0.5, 0.6) is 0 Å². The highest BCUT2D eigenvalue weighted by molar-refractivity contribution is 5.97. The largest absolute Gasteiger partial charge is 0.365 e. The summed E-state index contributed by atoms with van der Waals surface area (Å²) in [5.41, 5.74) is 37.1. The van der Waals surface area contributed by atoms with Crippen LogP contribution in [0.3, 0.4) is 0 Å². The summed E-state index contributed by atoms with van der Waals surface area (Å²) < 4.78 is 0. The van der Waals surface area contributed by atoms with E-state index in [1.807, 2.05) is 48.8 Å². The standard InChI is InChI=1S/C66H70N4.C40H30O.C23H28O.C9H10N2.11H2/c1-5-7-9-11-13-14-16-22-40-66(4)56-26-20-18-24-52(56)54-34-28-46(42-58(54)66)64-61-37-31-49(69-61)43-47-29-35-59(67-47)63(60-36-30-48(68-60)44-50-32-38-62(64)70-50)45-27-33-53-51-23-17-19-25-55(51)65(3,57(53)41-45)39-21-15-12-10-8-6-2;1-3-5-7-9-11-13-14-15-16-17-18-20-22-26-32-40(31-25-21-19-12-10-8-6-4-2)38-28-24-23-27-36(38)37-30-29-35(34-41)33-39(37)40;1-3-4-5-6-7-10-15-23(2)21-12-9-8-11-19(21)20-14-13-18(17-24)16-22(20)23;1-3-8(10-5-1)7-9-4-2-6-11-9;;;;;;;;;;;/h17-20,23-38,41-44,67,70H,5-16,21-22,39-40H2,1-4H3;1,23-24,27-30,33-34H,4,6,8,10,12,19,21,25,31H2,2H3;8-9,11-14,16-17H,3-7,10,15H2,1-2H3;1-6,10-11H,7H2;11*1H. The number of benzene rings is 8. The Labute approximate surface area is 885 Å². The second-order valence-electron chi connectivity index (χ2n) is 40.6. The van der Waals surface area contributed by atoms with Crippen molar-refractivity contribution in [1.29, 1.82) is 0 Å². The van der Waals surface area contributed by atoms with Crippen LogP contribution in [0, 0.1) is 95.2 Å². The van der Waals surface area contributed by atoms with Crippen LogP contribution in [-0.2, 0) is 28.1 Å². The predicted molar refractivity (Wildman–Crippen MR) is 637 cm³/mol. The van der Waals surface area contributed by atoms with Crippen molar-refractivity contribution in [2.24, 2.45) is 0 Å². The molecule has 0 saturated heterocycles. The van der Waals surface area contributed by atoms with Crippen LogP contribution in [0.1, 0.15) is 369 Å². The molecule has 8 bridgehead atoms. The normalized spacial score (nSPS) is 15.6. The van der Waals surface area contributed by atoms with Gasteiger partial charge in [0.15, 0.2) is 0 Å². The number of aldehydes is 2. The Hall–Kier alpha value is -15.3. The van der Waals surface area contributed by atoms with E-state index >= 15 is 0 Å². The SMILES string of the molecule is C#CC#CC#CC#CC#CC#CC#CC#CC1(CCCCCCCCCC)c2ccccc2-c2ccc(C=O)cc21.CCCCCCCCC1(C)c2ccccc2-c2ccc(C=O)cc21.CCCCCCCCCCC1(C)c2ccccc2-c2ccc(-c3c4nc(cc5ccc([nH]5)c(-c5ccc6c(c5)C(C)(CCCCCCCC)c5ccccc5-6)c5nc(cc6ccc3[nH]6)C=C5)C=C4)cc21.[HH].[HH].[HH].[HH].[HH].[HH].[HH].[HH].[HH].[HH].[HH].c1c[nH]c(Cc2ccc[nH]2)c1. The molecule has 13 aromatic rings. The van der Waals surface area contributed by atoms with Crippen LogP contribution in [-0.4, -0.2) is 42.5 Å². The van der Waals surface area contributed by atoms with E-state index in [9.17, 15) is 9.59 Å². The smallest absolute Gasteiger partial charge is 0.150 e. The Kier molecular flexibility index (Phi) is 36.4. The zero-order valence-electron chi connectivity index (χ0n) is 86.7. The fourth-order valence-corrected chi connectivity index (χ4v) is 22.9. The Balaban J connectivity index is 0.000000421. The fourth-order valence-electron chi connectivity index (χ4n) is 22.9. The van der Waals surface area contributed by atoms with E-state index in [1.165, 1.54) is 267 Å². The average molecular weight is 1930 g/mol. The maximum absolute atomic E-state index is 11.7. The second kappa shape index (κ2) is 51.3. The van der Waals surface area contributed by atoms with Crippen molar-refractivity contribution in [3.05, 3.63) is 333 Å². The molecule has 0 spiro atoms. The molecule has 0 fully saturated rings. The number of hydrogen-bond acceptors (Lipinski definition) is 4. The average Bonchev–Trinajstić information content (AvgIpc) is 1.55. The third-order valence-electron chi connectivity index (χ3n) is 30.5.